The highest BCUT2D eigenvalue weighted by Gasteiger charge is 2.39. The van der Waals surface area contributed by atoms with Crippen molar-refractivity contribution >= 4 is 33.9 Å². The first-order valence-corrected chi connectivity index (χ1v) is 18.7. The number of hydrogen-bond donors (Lipinski definition) is 2. The number of fused-ring (bicyclic) bond motifs is 1. The predicted octanol–water partition coefficient (Wildman–Crippen LogP) is 9.98. The largest absolute Gasteiger partial charge is 0.444 e. The van der Waals surface area contributed by atoms with Crippen molar-refractivity contribution in [3.63, 3.8) is 0 Å². The summed E-state index contributed by atoms with van der Waals surface area (Å²) in [5, 5.41) is 0. The minimum Gasteiger partial charge on any atom is -0.444 e. The van der Waals surface area contributed by atoms with Gasteiger partial charge in [-0.3, -0.25) is 9.80 Å². The second kappa shape index (κ2) is 13.2. The maximum atomic E-state index is 13.0. The van der Waals surface area contributed by atoms with Crippen LogP contribution in [0, 0.1) is 11.8 Å². The number of nitrogens with one attached hydrogen (secondary N) is 2. The number of aromatic nitrogens is 4. The van der Waals surface area contributed by atoms with E-state index in [4.69, 9.17) is 14.5 Å². The van der Waals surface area contributed by atoms with Gasteiger partial charge in [0.15, 0.2) is 0 Å². The fourth-order valence-electron chi connectivity index (χ4n) is 7.11. The maximum absolute atomic E-state index is 13.0. The topological polar surface area (TPSA) is 116 Å². The Balaban J connectivity index is 1.02. The standard InChI is InChI=1S/C40H48N6O4S/c1-23-17-31(45(21-23)37(47)49-39(3,4)5)34-41-20-30(43-34)27-13-9-25(10-14-27)26-11-15-28(16-12-26)33-19-29-36(51-33)44-35(42-29)32-18-24(2)22-46(32)38(48)50-40(6,7)8/h9-16,19-20,23-24,31-32H,17-18,21-22H2,1-8H3,(H,41,43)(H,42,44)/t23-,24?,31-,32?/m0/s1. The molecule has 0 radical (unpaired) electrons. The SMILES string of the molecule is CC1CC(c2nc3sc(-c4ccc(-c5ccc(-c6cnc([C@@H]7C[C@H](C)CN7C(=O)OC(C)(C)C)[nH]6)cc5)cc4)cc3[nH]2)N(C(=O)OC(C)(C)C)C1. The Kier molecular flexibility index (Phi) is 8.98. The number of ether oxygens (including phenoxy) is 2. The zero-order chi connectivity index (χ0) is 36.2. The van der Waals surface area contributed by atoms with Crippen molar-refractivity contribution in [2.75, 3.05) is 13.1 Å². The van der Waals surface area contributed by atoms with Gasteiger partial charge in [0.05, 0.1) is 29.5 Å². The molecular formula is C40H48N6O4S. The van der Waals surface area contributed by atoms with Gasteiger partial charge in [0.2, 0.25) is 0 Å². The molecule has 0 bridgehead atoms. The van der Waals surface area contributed by atoms with Gasteiger partial charge >= 0.3 is 12.2 Å². The van der Waals surface area contributed by atoms with Crippen LogP contribution in [0.25, 0.3) is 43.2 Å². The van der Waals surface area contributed by atoms with Crippen LogP contribution in [0.3, 0.4) is 0 Å². The number of likely N-dealkylation sites (tertiary alicyclic amines) is 2. The van der Waals surface area contributed by atoms with Crippen LogP contribution in [-0.2, 0) is 9.47 Å². The van der Waals surface area contributed by atoms with Gasteiger partial charge in [-0.25, -0.2) is 19.6 Å². The van der Waals surface area contributed by atoms with Gasteiger partial charge < -0.3 is 19.4 Å². The normalized spacial score (nSPS) is 21.1. The van der Waals surface area contributed by atoms with Crippen molar-refractivity contribution < 1.29 is 19.1 Å². The lowest BCUT2D eigenvalue weighted by Crippen LogP contribution is -2.37. The number of imidazole rings is 2. The third-order valence-corrected chi connectivity index (χ3v) is 10.5. The van der Waals surface area contributed by atoms with E-state index in [0.717, 1.165) is 67.7 Å². The van der Waals surface area contributed by atoms with Crippen molar-refractivity contribution in [1.29, 1.82) is 0 Å². The van der Waals surface area contributed by atoms with Gasteiger partial charge in [-0.05, 0) is 94.5 Å². The number of carbonyl (C=O) groups is 2. The van der Waals surface area contributed by atoms with Crippen molar-refractivity contribution in [1.82, 2.24) is 29.7 Å². The maximum Gasteiger partial charge on any atom is 0.410 e. The highest BCUT2D eigenvalue weighted by molar-refractivity contribution is 7.21. The van der Waals surface area contributed by atoms with Crippen molar-refractivity contribution in [2.45, 2.75) is 91.5 Å². The molecule has 0 saturated carbocycles. The molecule has 5 heterocycles. The van der Waals surface area contributed by atoms with Crippen molar-refractivity contribution in [3.05, 3.63) is 72.4 Å². The molecule has 11 heteroatoms. The summed E-state index contributed by atoms with van der Waals surface area (Å²) in [5.41, 5.74) is 5.22. The molecule has 3 aromatic heterocycles. The molecule has 51 heavy (non-hydrogen) atoms. The lowest BCUT2D eigenvalue weighted by molar-refractivity contribution is 0.0204. The molecule has 4 atom stereocenters. The van der Waals surface area contributed by atoms with E-state index in [0.29, 0.717) is 24.9 Å². The van der Waals surface area contributed by atoms with E-state index in [1.807, 2.05) is 52.6 Å². The van der Waals surface area contributed by atoms with E-state index in [-0.39, 0.29) is 24.3 Å². The number of H-pyrrole nitrogens is 2. The lowest BCUT2D eigenvalue weighted by atomic mass is 10.0. The van der Waals surface area contributed by atoms with Crippen molar-refractivity contribution in [3.8, 4) is 32.8 Å². The Morgan fingerprint density at radius 3 is 1.73 bits per heavy atom. The van der Waals surface area contributed by atoms with Gasteiger partial charge in [0.1, 0.15) is 27.7 Å². The Labute approximate surface area is 303 Å². The van der Waals surface area contributed by atoms with E-state index >= 15 is 0 Å². The van der Waals surface area contributed by atoms with Crippen LogP contribution in [-0.4, -0.2) is 66.2 Å². The molecular weight excluding hydrogens is 661 g/mol. The fourth-order valence-corrected chi connectivity index (χ4v) is 8.11. The van der Waals surface area contributed by atoms with E-state index < -0.39 is 11.2 Å². The summed E-state index contributed by atoms with van der Waals surface area (Å²) in [4.78, 5) is 48.2. The second-order valence-corrected chi connectivity index (χ2v) is 17.3. The molecule has 2 aliphatic rings. The molecule has 2 unspecified atom stereocenters. The fraction of sp³-hybridized carbons (Fsp3) is 0.450. The minimum atomic E-state index is -0.547. The van der Waals surface area contributed by atoms with Gasteiger partial charge in [-0.15, -0.1) is 11.3 Å². The number of aromatic amines is 2. The van der Waals surface area contributed by atoms with E-state index in [9.17, 15) is 9.59 Å². The molecule has 10 nitrogen and oxygen atoms in total. The zero-order valence-electron chi connectivity index (χ0n) is 30.7. The summed E-state index contributed by atoms with van der Waals surface area (Å²) < 4.78 is 11.4. The van der Waals surface area contributed by atoms with E-state index in [2.05, 4.69) is 83.4 Å². The first-order valence-electron chi connectivity index (χ1n) is 17.8. The average molecular weight is 709 g/mol. The van der Waals surface area contributed by atoms with Crippen LogP contribution >= 0.6 is 11.3 Å². The monoisotopic (exact) mass is 708 g/mol. The smallest absolute Gasteiger partial charge is 0.410 e. The van der Waals surface area contributed by atoms with Crippen LogP contribution in [0.2, 0.25) is 0 Å². The van der Waals surface area contributed by atoms with Gasteiger partial charge in [0, 0.05) is 18.0 Å². The van der Waals surface area contributed by atoms with E-state index in [1.54, 1.807) is 16.2 Å². The zero-order valence-corrected chi connectivity index (χ0v) is 31.6. The third-order valence-electron chi connectivity index (χ3n) is 9.40. The number of hydrogen-bond acceptors (Lipinski definition) is 7. The Hall–Kier alpha value is -4.64. The summed E-state index contributed by atoms with van der Waals surface area (Å²) in [5.74, 6) is 2.34. The lowest BCUT2D eigenvalue weighted by Gasteiger charge is -2.27. The first-order chi connectivity index (χ1) is 24.1. The number of thiophene rings is 1. The number of benzene rings is 2. The summed E-state index contributed by atoms with van der Waals surface area (Å²) in [7, 11) is 0. The highest BCUT2D eigenvalue weighted by Crippen LogP contribution is 2.40. The molecule has 2 fully saturated rings. The second-order valence-electron chi connectivity index (χ2n) is 16.3. The quantitative estimate of drug-likeness (QED) is 0.188. The summed E-state index contributed by atoms with van der Waals surface area (Å²) >= 11 is 1.65. The van der Waals surface area contributed by atoms with Gasteiger partial charge in [-0.2, -0.15) is 0 Å². The van der Waals surface area contributed by atoms with Gasteiger partial charge in [-0.1, -0.05) is 62.4 Å². The summed E-state index contributed by atoms with van der Waals surface area (Å²) in [6.07, 6.45) is 2.96. The first kappa shape index (κ1) is 34.8. The predicted molar refractivity (Wildman–Crippen MR) is 201 cm³/mol. The van der Waals surface area contributed by atoms with Crippen molar-refractivity contribution in [2.24, 2.45) is 11.8 Å². The van der Waals surface area contributed by atoms with Crippen LogP contribution in [0.15, 0.2) is 60.8 Å². The molecule has 0 aliphatic carbocycles. The number of rotatable bonds is 5. The molecule has 7 rings (SSSR count). The molecule has 2 N–H and O–H groups in total. The Morgan fingerprint density at radius 2 is 1.22 bits per heavy atom. The number of nitrogens with zero attached hydrogens (tertiary/aromatic N) is 4. The summed E-state index contributed by atoms with van der Waals surface area (Å²) in [6.45, 7) is 17.0. The molecule has 0 spiro atoms. The van der Waals surface area contributed by atoms with Crippen LogP contribution < -0.4 is 0 Å². The molecule has 5 aromatic rings. The van der Waals surface area contributed by atoms with Crippen LogP contribution in [0.1, 0.15) is 92.0 Å². The number of amides is 2. The molecule has 268 valence electrons. The summed E-state index contributed by atoms with van der Waals surface area (Å²) in [6, 6.07) is 18.9. The Morgan fingerprint density at radius 1 is 0.725 bits per heavy atom. The Bertz CT molecular complexity index is 2000. The molecule has 2 saturated heterocycles. The van der Waals surface area contributed by atoms with E-state index in [1.165, 1.54) is 0 Å². The third kappa shape index (κ3) is 7.54. The molecule has 2 amide bonds. The number of carbonyl (C=O) groups excluding carboxylic acids is 2. The molecule has 2 aromatic carbocycles. The van der Waals surface area contributed by atoms with Crippen LogP contribution in [0.4, 0.5) is 9.59 Å². The average Bonchev–Trinajstić information content (AvgIpc) is 3.87. The molecule has 2 aliphatic heterocycles. The minimum absolute atomic E-state index is 0.121. The van der Waals surface area contributed by atoms with Crippen LogP contribution in [0.5, 0.6) is 0 Å². The van der Waals surface area contributed by atoms with Gasteiger partial charge in [0.25, 0.3) is 0 Å². The highest BCUT2D eigenvalue weighted by atomic mass is 32.1.